The number of hydrogen-bond acceptors (Lipinski definition) is 4. The minimum absolute atomic E-state index is 0.295. The van der Waals surface area contributed by atoms with Crippen LogP contribution in [0.15, 0.2) is 12.3 Å². The molecule has 0 aromatic carbocycles. The highest BCUT2D eigenvalue weighted by Crippen LogP contribution is 2.22. The topological polar surface area (TPSA) is 53.2 Å². The molecule has 2 aliphatic heterocycles. The number of aryl methyl sites for hydroxylation is 1. The number of morpholine rings is 1. The van der Waals surface area contributed by atoms with Crippen molar-refractivity contribution < 1.29 is 4.74 Å². The van der Waals surface area contributed by atoms with E-state index >= 15 is 0 Å². The van der Waals surface area contributed by atoms with Crippen LogP contribution in [0.1, 0.15) is 24.1 Å². The molecule has 3 rings (SSSR count). The number of fused-ring (bicyclic) bond motifs is 1. The van der Waals surface area contributed by atoms with E-state index in [4.69, 9.17) is 10.00 Å². The third kappa shape index (κ3) is 2.88. The first-order chi connectivity index (χ1) is 9.76. The zero-order valence-corrected chi connectivity index (χ0v) is 12.0. The largest absolute Gasteiger partial charge is 0.374 e. The van der Waals surface area contributed by atoms with E-state index in [1.807, 2.05) is 23.9 Å². The second-order valence-electron chi connectivity index (χ2n) is 5.83. The molecule has 1 N–H and O–H groups in total. The van der Waals surface area contributed by atoms with Gasteiger partial charge in [0.05, 0.1) is 12.7 Å². The summed E-state index contributed by atoms with van der Waals surface area (Å²) in [5.41, 5.74) is 1.86. The van der Waals surface area contributed by atoms with Crippen LogP contribution in [0.4, 0.5) is 0 Å². The highest BCUT2D eigenvalue weighted by molar-refractivity contribution is 5.28. The summed E-state index contributed by atoms with van der Waals surface area (Å²) in [5, 5.41) is 12.4. The third-order valence-corrected chi connectivity index (χ3v) is 4.34. The number of aromatic nitrogens is 1. The van der Waals surface area contributed by atoms with Crippen LogP contribution < -0.4 is 5.32 Å². The maximum Gasteiger partial charge on any atom is 0.120 e. The Morgan fingerprint density at radius 3 is 3.25 bits per heavy atom. The molecule has 2 saturated heterocycles. The Balaban J connectivity index is 1.44. The number of nitriles is 1. The van der Waals surface area contributed by atoms with Gasteiger partial charge in [-0.25, -0.2) is 0 Å². The molecule has 2 unspecified atom stereocenters. The summed E-state index contributed by atoms with van der Waals surface area (Å²) in [6, 6.07) is 4.79. The van der Waals surface area contributed by atoms with Crippen LogP contribution in [-0.2, 0) is 18.3 Å². The molecular formula is C15H22N4O. The molecule has 20 heavy (non-hydrogen) atoms. The maximum absolute atomic E-state index is 8.93. The first-order valence-corrected chi connectivity index (χ1v) is 7.38. The highest BCUT2D eigenvalue weighted by Gasteiger charge is 2.31. The molecule has 5 nitrogen and oxygen atoms in total. The molecule has 2 fully saturated rings. The minimum Gasteiger partial charge on any atom is -0.374 e. The predicted molar refractivity (Wildman–Crippen MR) is 76.2 cm³/mol. The van der Waals surface area contributed by atoms with Crippen LogP contribution >= 0.6 is 0 Å². The standard InChI is InChI=1S/C15H22N4O/c1-18-9-12(5-14(18)6-16)7-17-8-15-10-19-4-2-3-13(19)11-20-15/h5,9,13,15,17H,2-4,7-8,10-11H2,1H3. The normalized spacial score (nSPS) is 26.4. The number of ether oxygens (including phenoxy) is 1. The first kappa shape index (κ1) is 13.6. The molecule has 2 atom stereocenters. The zero-order chi connectivity index (χ0) is 13.9. The lowest BCUT2D eigenvalue weighted by Crippen LogP contribution is -2.49. The van der Waals surface area contributed by atoms with Crippen molar-refractivity contribution in [2.75, 3.05) is 26.2 Å². The lowest BCUT2D eigenvalue weighted by atomic mass is 10.2. The predicted octanol–water partition coefficient (Wildman–Crippen LogP) is 0.850. The van der Waals surface area contributed by atoms with Gasteiger partial charge in [-0.2, -0.15) is 5.26 Å². The molecule has 0 saturated carbocycles. The molecule has 108 valence electrons. The molecule has 1 aromatic heterocycles. The van der Waals surface area contributed by atoms with Gasteiger partial charge in [-0.15, -0.1) is 0 Å². The molecule has 3 heterocycles. The van der Waals surface area contributed by atoms with Crippen LogP contribution in [0.5, 0.6) is 0 Å². The average Bonchev–Trinajstić information content (AvgIpc) is 3.04. The Morgan fingerprint density at radius 2 is 2.45 bits per heavy atom. The lowest BCUT2D eigenvalue weighted by Gasteiger charge is -2.35. The molecule has 2 aliphatic rings. The SMILES string of the molecule is Cn1cc(CNCC2CN3CCCC3CO2)cc1C#N. The Kier molecular flexibility index (Phi) is 4.06. The van der Waals surface area contributed by atoms with Gasteiger partial charge in [-0.3, -0.25) is 4.90 Å². The monoisotopic (exact) mass is 274 g/mol. The average molecular weight is 274 g/mol. The Hall–Kier alpha value is -1.35. The second-order valence-corrected chi connectivity index (χ2v) is 5.83. The molecule has 0 bridgehead atoms. The number of rotatable bonds is 4. The molecule has 1 aromatic rings. The van der Waals surface area contributed by atoms with Crippen LogP contribution in [-0.4, -0.2) is 47.9 Å². The third-order valence-electron chi connectivity index (χ3n) is 4.34. The number of hydrogen-bond donors (Lipinski definition) is 1. The van der Waals surface area contributed by atoms with E-state index in [0.717, 1.165) is 31.8 Å². The maximum atomic E-state index is 8.93. The van der Waals surface area contributed by atoms with Crippen molar-refractivity contribution in [3.05, 3.63) is 23.5 Å². The van der Waals surface area contributed by atoms with E-state index in [1.54, 1.807) is 0 Å². The van der Waals surface area contributed by atoms with E-state index < -0.39 is 0 Å². The minimum atomic E-state index is 0.295. The molecular weight excluding hydrogens is 252 g/mol. The summed E-state index contributed by atoms with van der Waals surface area (Å²) in [4.78, 5) is 2.56. The zero-order valence-electron chi connectivity index (χ0n) is 12.0. The summed E-state index contributed by atoms with van der Waals surface area (Å²) in [7, 11) is 1.90. The van der Waals surface area contributed by atoms with Gasteiger partial charge in [0.2, 0.25) is 0 Å². The van der Waals surface area contributed by atoms with E-state index in [-0.39, 0.29) is 0 Å². The van der Waals surface area contributed by atoms with Gasteiger partial charge in [-0.05, 0) is 31.0 Å². The van der Waals surface area contributed by atoms with E-state index in [9.17, 15) is 0 Å². The van der Waals surface area contributed by atoms with Gasteiger partial charge in [0.15, 0.2) is 0 Å². The van der Waals surface area contributed by atoms with Crippen LogP contribution in [0.3, 0.4) is 0 Å². The summed E-state index contributed by atoms with van der Waals surface area (Å²) in [5.74, 6) is 0. The first-order valence-electron chi connectivity index (χ1n) is 7.38. The fraction of sp³-hybridized carbons (Fsp3) is 0.667. The van der Waals surface area contributed by atoms with E-state index in [2.05, 4.69) is 16.3 Å². The van der Waals surface area contributed by atoms with Gasteiger partial charge < -0.3 is 14.6 Å². The Morgan fingerprint density at radius 1 is 1.55 bits per heavy atom. The van der Waals surface area contributed by atoms with E-state index in [0.29, 0.717) is 17.8 Å². The van der Waals surface area contributed by atoms with Gasteiger partial charge in [0, 0.05) is 38.9 Å². The summed E-state index contributed by atoms with van der Waals surface area (Å²) in [6.45, 7) is 4.83. The summed E-state index contributed by atoms with van der Waals surface area (Å²) in [6.07, 6.45) is 4.91. The van der Waals surface area contributed by atoms with Crippen molar-refractivity contribution in [3.63, 3.8) is 0 Å². The smallest absolute Gasteiger partial charge is 0.120 e. The van der Waals surface area contributed by atoms with Crippen LogP contribution in [0.2, 0.25) is 0 Å². The van der Waals surface area contributed by atoms with Crippen molar-refractivity contribution in [3.8, 4) is 6.07 Å². The van der Waals surface area contributed by atoms with Crippen molar-refractivity contribution in [2.24, 2.45) is 7.05 Å². The van der Waals surface area contributed by atoms with Crippen LogP contribution in [0.25, 0.3) is 0 Å². The van der Waals surface area contributed by atoms with Crippen molar-refractivity contribution in [1.29, 1.82) is 5.26 Å². The van der Waals surface area contributed by atoms with Crippen molar-refractivity contribution in [1.82, 2.24) is 14.8 Å². The molecule has 5 heteroatoms. The molecule has 0 amide bonds. The number of nitrogens with one attached hydrogen (secondary N) is 1. The summed E-state index contributed by atoms with van der Waals surface area (Å²) >= 11 is 0. The van der Waals surface area contributed by atoms with Crippen molar-refractivity contribution >= 4 is 0 Å². The Labute approximate surface area is 120 Å². The second kappa shape index (κ2) is 5.96. The molecule has 0 aliphatic carbocycles. The quantitative estimate of drug-likeness (QED) is 0.884. The van der Waals surface area contributed by atoms with Crippen LogP contribution in [0, 0.1) is 11.3 Å². The van der Waals surface area contributed by atoms with Gasteiger partial charge in [0.1, 0.15) is 11.8 Å². The fourth-order valence-electron chi connectivity index (χ4n) is 3.23. The molecule has 0 radical (unpaired) electrons. The molecule has 0 spiro atoms. The highest BCUT2D eigenvalue weighted by atomic mass is 16.5. The number of nitrogens with zero attached hydrogens (tertiary/aromatic N) is 3. The van der Waals surface area contributed by atoms with Gasteiger partial charge in [-0.1, -0.05) is 0 Å². The van der Waals surface area contributed by atoms with Gasteiger partial charge >= 0.3 is 0 Å². The fourth-order valence-corrected chi connectivity index (χ4v) is 3.23. The summed E-state index contributed by atoms with van der Waals surface area (Å²) < 4.78 is 7.78. The van der Waals surface area contributed by atoms with Gasteiger partial charge in [0.25, 0.3) is 0 Å². The lowest BCUT2D eigenvalue weighted by molar-refractivity contribution is -0.0470. The Bertz CT molecular complexity index is 504. The van der Waals surface area contributed by atoms with Crippen molar-refractivity contribution in [2.45, 2.75) is 31.5 Å². The van der Waals surface area contributed by atoms with E-state index in [1.165, 1.54) is 19.4 Å².